The Kier molecular flexibility index (Phi) is 5.02. The van der Waals surface area contributed by atoms with Gasteiger partial charge in [-0.15, -0.1) is 0 Å². The molecular formula is C17H22N4O3. The number of aromatic nitrogens is 2. The molecule has 7 nitrogen and oxygen atoms in total. The van der Waals surface area contributed by atoms with Gasteiger partial charge in [-0.1, -0.05) is 44.2 Å². The molecule has 0 aliphatic rings. The number of aryl methyl sites for hydroxylation is 1. The van der Waals surface area contributed by atoms with Gasteiger partial charge in [-0.2, -0.15) is 0 Å². The number of imidazole rings is 1. The number of nitrogens with zero attached hydrogens (tertiary/aromatic N) is 3. The zero-order valence-corrected chi connectivity index (χ0v) is 14.3. The van der Waals surface area contributed by atoms with Crippen LogP contribution in [0.4, 0.5) is 5.82 Å². The summed E-state index contributed by atoms with van der Waals surface area (Å²) in [6.45, 7) is 7.73. The van der Waals surface area contributed by atoms with Gasteiger partial charge in [0.1, 0.15) is 12.7 Å². The predicted molar refractivity (Wildman–Crippen MR) is 90.7 cm³/mol. The van der Waals surface area contributed by atoms with Crippen molar-refractivity contribution in [3.05, 3.63) is 58.0 Å². The lowest BCUT2D eigenvalue weighted by Crippen LogP contribution is -2.46. The summed E-state index contributed by atoms with van der Waals surface area (Å²) >= 11 is 0. The summed E-state index contributed by atoms with van der Waals surface area (Å²) in [5, 5.41) is 13.7. The van der Waals surface area contributed by atoms with Gasteiger partial charge >= 0.3 is 5.82 Å². The number of carbonyl (C=O) groups is 1. The van der Waals surface area contributed by atoms with E-state index in [2.05, 4.69) is 24.1 Å². The van der Waals surface area contributed by atoms with E-state index in [4.69, 9.17) is 0 Å². The Morgan fingerprint density at radius 2 is 2.00 bits per heavy atom. The average molecular weight is 330 g/mol. The van der Waals surface area contributed by atoms with Gasteiger partial charge in [0.2, 0.25) is 11.7 Å². The van der Waals surface area contributed by atoms with Crippen LogP contribution in [0.2, 0.25) is 0 Å². The maximum absolute atomic E-state index is 12.3. The Balaban J connectivity index is 2.05. The SMILES string of the molecule is Cc1nc([N+](=O)[O-])cn1CC(=O)NC(C)C(C)(C)c1ccccc1. The van der Waals surface area contributed by atoms with Crippen molar-refractivity contribution in [3.8, 4) is 0 Å². The molecule has 0 radical (unpaired) electrons. The Hall–Kier alpha value is -2.70. The lowest BCUT2D eigenvalue weighted by Gasteiger charge is -2.33. The molecule has 0 fully saturated rings. The van der Waals surface area contributed by atoms with Gasteiger partial charge in [0, 0.05) is 18.4 Å². The Labute approximate surface area is 140 Å². The fourth-order valence-electron chi connectivity index (χ4n) is 2.48. The molecule has 0 saturated heterocycles. The Bertz CT molecular complexity index is 738. The van der Waals surface area contributed by atoms with Crippen molar-refractivity contribution >= 4 is 11.7 Å². The summed E-state index contributed by atoms with van der Waals surface area (Å²) in [6, 6.07) is 9.86. The van der Waals surface area contributed by atoms with Gasteiger partial charge in [0.05, 0.1) is 0 Å². The van der Waals surface area contributed by atoms with Crippen LogP contribution < -0.4 is 5.32 Å². The van der Waals surface area contributed by atoms with Crippen LogP contribution in [-0.4, -0.2) is 26.4 Å². The highest BCUT2D eigenvalue weighted by molar-refractivity contribution is 5.76. The summed E-state index contributed by atoms with van der Waals surface area (Å²) in [4.78, 5) is 26.3. The average Bonchev–Trinajstić information content (AvgIpc) is 2.89. The minimum atomic E-state index is -0.567. The molecule has 2 aromatic rings. The molecule has 1 N–H and O–H groups in total. The van der Waals surface area contributed by atoms with Crippen LogP contribution in [0.3, 0.4) is 0 Å². The molecule has 7 heteroatoms. The third-order valence-electron chi connectivity index (χ3n) is 4.44. The second kappa shape index (κ2) is 6.82. The number of benzene rings is 1. The maximum Gasteiger partial charge on any atom is 0.381 e. The lowest BCUT2D eigenvalue weighted by atomic mass is 9.78. The van der Waals surface area contributed by atoms with E-state index in [1.54, 1.807) is 6.92 Å². The number of carbonyl (C=O) groups excluding carboxylic acids is 1. The molecule has 1 aromatic carbocycles. The molecule has 1 heterocycles. The molecular weight excluding hydrogens is 308 g/mol. The molecule has 1 amide bonds. The first-order valence-corrected chi connectivity index (χ1v) is 7.75. The van der Waals surface area contributed by atoms with Crippen LogP contribution in [0, 0.1) is 17.0 Å². The van der Waals surface area contributed by atoms with E-state index in [9.17, 15) is 14.9 Å². The van der Waals surface area contributed by atoms with E-state index in [1.807, 2.05) is 37.3 Å². The highest BCUT2D eigenvalue weighted by Crippen LogP contribution is 2.26. The van der Waals surface area contributed by atoms with E-state index >= 15 is 0 Å². The number of hydrogen-bond donors (Lipinski definition) is 1. The quantitative estimate of drug-likeness (QED) is 0.651. The minimum Gasteiger partial charge on any atom is -0.358 e. The molecule has 1 atom stereocenters. The van der Waals surface area contributed by atoms with Crippen molar-refractivity contribution in [2.45, 2.75) is 45.7 Å². The first kappa shape index (κ1) is 17.7. The summed E-state index contributed by atoms with van der Waals surface area (Å²) in [5.74, 6) is -0.0216. The van der Waals surface area contributed by atoms with Crippen molar-refractivity contribution in [2.75, 3.05) is 0 Å². The van der Waals surface area contributed by atoms with Gasteiger partial charge in [0.15, 0.2) is 0 Å². The number of nitrogens with one attached hydrogen (secondary N) is 1. The molecule has 0 saturated carbocycles. The van der Waals surface area contributed by atoms with E-state index in [1.165, 1.54) is 10.8 Å². The van der Waals surface area contributed by atoms with Crippen LogP contribution in [0.25, 0.3) is 0 Å². The number of hydrogen-bond acceptors (Lipinski definition) is 4. The van der Waals surface area contributed by atoms with Gasteiger partial charge in [0.25, 0.3) is 0 Å². The first-order chi connectivity index (χ1) is 11.2. The maximum atomic E-state index is 12.3. The summed E-state index contributed by atoms with van der Waals surface area (Å²) in [6.07, 6.45) is 1.28. The highest BCUT2D eigenvalue weighted by Gasteiger charge is 2.29. The number of nitro groups is 1. The highest BCUT2D eigenvalue weighted by atomic mass is 16.6. The molecule has 1 aromatic heterocycles. The van der Waals surface area contributed by atoms with Crippen LogP contribution >= 0.6 is 0 Å². The smallest absolute Gasteiger partial charge is 0.358 e. The first-order valence-electron chi connectivity index (χ1n) is 7.75. The predicted octanol–water partition coefficient (Wildman–Crippen LogP) is 2.58. The largest absolute Gasteiger partial charge is 0.381 e. The fourth-order valence-corrected chi connectivity index (χ4v) is 2.48. The third-order valence-corrected chi connectivity index (χ3v) is 4.44. The Morgan fingerprint density at radius 3 is 2.54 bits per heavy atom. The van der Waals surface area contributed by atoms with Crippen LogP contribution in [0.1, 0.15) is 32.2 Å². The fraction of sp³-hybridized carbons (Fsp3) is 0.412. The standard InChI is InChI=1S/C17H22N4O3/c1-12(17(3,4)14-8-6-5-7-9-14)18-16(22)11-20-10-15(21(23)24)19-13(20)2/h5-10,12H,11H2,1-4H3,(H,18,22). The second-order valence-electron chi connectivity index (χ2n) is 6.41. The van der Waals surface area contributed by atoms with Crippen molar-refractivity contribution in [2.24, 2.45) is 0 Å². The van der Waals surface area contributed by atoms with E-state index in [0.717, 1.165) is 5.56 Å². The van der Waals surface area contributed by atoms with Crippen LogP contribution in [-0.2, 0) is 16.8 Å². The topological polar surface area (TPSA) is 90.1 Å². The number of amides is 1. The molecule has 1 unspecified atom stereocenters. The third kappa shape index (κ3) is 3.79. The van der Waals surface area contributed by atoms with E-state index in [-0.39, 0.29) is 29.7 Å². The second-order valence-corrected chi connectivity index (χ2v) is 6.41. The molecule has 128 valence electrons. The van der Waals surface area contributed by atoms with Crippen molar-refractivity contribution < 1.29 is 9.72 Å². The molecule has 0 bridgehead atoms. The lowest BCUT2D eigenvalue weighted by molar-refractivity contribution is -0.389. The summed E-state index contributed by atoms with van der Waals surface area (Å²) in [5.41, 5.74) is 0.889. The number of rotatable bonds is 6. The van der Waals surface area contributed by atoms with Crippen molar-refractivity contribution in [1.82, 2.24) is 14.9 Å². The zero-order chi connectivity index (χ0) is 17.9. The van der Waals surface area contributed by atoms with E-state index in [0.29, 0.717) is 5.82 Å². The molecule has 0 aliphatic carbocycles. The van der Waals surface area contributed by atoms with Gasteiger partial charge in [-0.25, -0.2) is 0 Å². The zero-order valence-electron chi connectivity index (χ0n) is 14.3. The van der Waals surface area contributed by atoms with Crippen molar-refractivity contribution in [1.29, 1.82) is 0 Å². The normalized spacial score (nSPS) is 12.7. The van der Waals surface area contributed by atoms with Crippen LogP contribution in [0.5, 0.6) is 0 Å². The van der Waals surface area contributed by atoms with E-state index < -0.39 is 4.92 Å². The summed E-state index contributed by atoms with van der Waals surface area (Å²) < 4.78 is 1.48. The molecule has 24 heavy (non-hydrogen) atoms. The van der Waals surface area contributed by atoms with Gasteiger partial charge < -0.3 is 15.4 Å². The monoisotopic (exact) mass is 330 g/mol. The van der Waals surface area contributed by atoms with Gasteiger partial charge in [-0.3, -0.25) is 9.36 Å². The van der Waals surface area contributed by atoms with Crippen molar-refractivity contribution in [3.63, 3.8) is 0 Å². The molecule has 0 aliphatic heterocycles. The minimum absolute atomic E-state index is 0.00187. The summed E-state index contributed by atoms with van der Waals surface area (Å²) in [7, 11) is 0. The molecule has 2 rings (SSSR count). The molecule has 0 spiro atoms. The van der Waals surface area contributed by atoms with Crippen LogP contribution in [0.15, 0.2) is 36.5 Å². The van der Waals surface area contributed by atoms with Gasteiger partial charge in [-0.05, 0) is 22.4 Å². The Morgan fingerprint density at radius 1 is 1.38 bits per heavy atom.